The van der Waals surface area contributed by atoms with Crippen molar-refractivity contribution in [1.82, 2.24) is 4.98 Å². The van der Waals surface area contributed by atoms with Crippen LogP contribution in [0.3, 0.4) is 0 Å². The minimum absolute atomic E-state index is 0.0772. The second-order valence-electron chi connectivity index (χ2n) is 4.11. The van der Waals surface area contributed by atoms with Crippen LogP contribution in [0.15, 0.2) is 47.1 Å². The van der Waals surface area contributed by atoms with E-state index >= 15 is 0 Å². The monoisotopic (exact) mass is 290 g/mol. The zero-order valence-corrected chi connectivity index (χ0v) is 11.3. The molecule has 0 aliphatic carbocycles. The molecule has 17 heavy (non-hydrogen) atoms. The van der Waals surface area contributed by atoms with Crippen molar-refractivity contribution in [2.75, 3.05) is 0 Å². The van der Waals surface area contributed by atoms with E-state index in [1.807, 2.05) is 24.3 Å². The van der Waals surface area contributed by atoms with Crippen LogP contribution < -0.4 is 5.73 Å². The van der Waals surface area contributed by atoms with Gasteiger partial charge in [0, 0.05) is 10.7 Å². The Bertz CT molecular complexity index is 511. The maximum absolute atomic E-state index is 6.20. The fourth-order valence-electron chi connectivity index (χ4n) is 1.84. The fraction of sp³-hybridized carbons (Fsp3) is 0.214. The number of aryl methyl sites for hydroxylation is 1. The molecule has 0 saturated heterocycles. The molecule has 0 radical (unpaired) electrons. The van der Waals surface area contributed by atoms with E-state index in [4.69, 9.17) is 5.73 Å². The maximum atomic E-state index is 6.20. The molecule has 2 N–H and O–H groups in total. The predicted octanol–water partition coefficient (Wildman–Crippen LogP) is 3.40. The Morgan fingerprint density at radius 3 is 2.71 bits per heavy atom. The van der Waals surface area contributed by atoms with E-state index in [2.05, 4.69) is 40.0 Å². The summed E-state index contributed by atoms with van der Waals surface area (Å²) in [7, 11) is 0. The van der Waals surface area contributed by atoms with Gasteiger partial charge in [-0.1, -0.05) is 24.3 Å². The quantitative estimate of drug-likeness (QED) is 0.941. The third-order valence-electron chi connectivity index (χ3n) is 2.84. The highest BCUT2D eigenvalue weighted by Crippen LogP contribution is 2.23. The van der Waals surface area contributed by atoms with Crippen LogP contribution in [0.4, 0.5) is 0 Å². The second kappa shape index (κ2) is 5.43. The number of benzene rings is 1. The molecule has 1 aromatic carbocycles. The molecule has 2 aromatic rings. The average Bonchev–Trinajstić information content (AvgIpc) is 2.32. The number of nitrogens with two attached hydrogens (primary N) is 1. The van der Waals surface area contributed by atoms with E-state index in [1.165, 1.54) is 11.1 Å². The number of pyridine rings is 1. The van der Waals surface area contributed by atoms with E-state index in [0.717, 1.165) is 16.6 Å². The van der Waals surface area contributed by atoms with Crippen LogP contribution in [-0.4, -0.2) is 4.98 Å². The van der Waals surface area contributed by atoms with Crippen molar-refractivity contribution in [3.05, 3.63) is 63.9 Å². The van der Waals surface area contributed by atoms with Gasteiger partial charge in [0.1, 0.15) is 0 Å². The third kappa shape index (κ3) is 2.93. The van der Waals surface area contributed by atoms with Crippen LogP contribution >= 0.6 is 15.9 Å². The Balaban J connectivity index is 2.20. The van der Waals surface area contributed by atoms with Gasteiger partial charge in [-0.2, -0.15) is 0 Å². The molecule has 0 spiro atoms. The molecule has 0 amide bonds. The summed E-state index contributed by atoms with van der Waals surface area (Å²) >= 11 is 3.49. The van der Waals surface area contributed by atoms with Gasteiger partial charge in [-0.05, 0) is 52.5 Å². The van der Waals surface area contributed by atoms with Crippen molar-refractivity contribution in [3.63, 3.8) is 0 Å². The van der Waals surface area contributed by atoms with Crippen LogP contribution in [0.2, 0.25) is 0 Å². The Labute approximate surface area is 110 Å². The lowest BCUT2D eigenvalue weighted by Gasteiger charge is -2.14. The van der Waals surface area contributed by atoms with Crippen LogP contribution in [0.5, 0.6) is 0 Å². The Morgan fingerprint density at radius 2 is 2.00 bits per heavy atom. The minimum atomic E-state index is -0.0772. The smallest absolute Gasteiger partial charge is 0.0716 e. The van der Waals surface area contributed by atoms with E-state index in [-0.39, 0.29) is 6.04 Å². The number of hydrogen-bond donors (Lipinski definition) is 1. The summed E-state index contributed by atoms with van der Waals surface area (Å²) in [5.41, 5.74) is 9.67. The van der Waals surface area contributed by atoms with Gasteiger partial charge in [0.05, 0.1) is 11.7 Å². The summed E-state index contributed by atoms with van der Waals surface area (Å²) in [6, 6.07) is 12.1. The lowest BCUT2D eigenvalue weighted by atomic mass is 9.99. The van der Waals surface area contributed by atoms with E-state index < -0.39 is 0 Å². The number of halogens is 1. The highest BCUT2D eigenvalue weighted by molar-refractivity contribution is 9.10. The van der Waals surface area contributed by atoms with Gasteiger partial charge in [-0.15, -0.1) is 0 Å². The van der Waals surface area contributed by atoms with Crippen molar-refractivity contribution in [1.29, 1.82) is 0 Å². The van der Waals surface area contributed by atoms with Gasteiger partial charge in [-0.25, -0.2) is 0 Å². The molecule has 1 heterocycles. The molecule has 1 aromatic heterocycles. The van der Waals surface area contributed by atoms with Gasteiger partial charge in [0.15, 0.2) is 0 Å². The van der Waals surface area contributed by atoms with Gasteiger partial charge < -0.3 is 5.73 Å². The van der Waals surface area contributed by atoms with Crippen LogP contribution in [-0.2, 0) is 6.42 Å². The maximum Gasteiger partial charge on any atom is 0.0716 e. The van der Waals surface area contributed by atoms with Crippen LogP contribution in [0.25, 0.3) is 0 Å². The first-order valence-electron chi connectivity index (χ1n) is 5.59. The molecular weight excluding hydrogens is 276 g/mol. The summed E-state index contributed by atoms with van der Waals surface area (Å²) in [6.07, 6.45) is 2.58. The number of rotatable bonds is 3. The highest BCUT2D eigenvalue weighted by atomic mass is 79.9. The molecular formula is C14H15BrN2. The largest absolute Gasteiger partial charge is 0.322 e. The number of aromatic nitrogens is 1. The number of hydrogen-bond acceptors (Lipinski definition) is 2. The summed E-state index contributed by atoms with van der Waals surface area (Å²) in [4.78, 5) is 4.33. The van der Waals surface area contributed by atoms with Crippen molar-refractivity contribution >= 4 is 15.9 Å². The zero-order valence-electron chi connectivity index (χ0n) is 9.73. The lowest BCUT2D eigenvalue weighted by Crippen LogP contribution is -2.16. The summed E-state index contributed by atoms with van der Waals surface area (Å²) in [5.74, 6) is 0. The van der Waals surface area contributed by atoms with E-state index in [9.17, 15) is 0 Å². The second-order valence-corrected chi connectivity index (χ2v) is 4.96. The van der Waals surface area contributed by atoms with Crippen molar-refractivity contribution in [2.45, 2.75) is 19.4 Å². The molecule has 0 aliphatic rings. The van der Waals surface area contributed by atoms with Gasteiger partial charge in [0.25, 0.3) is 0 Å². The van der Waals surface area contributed by atoms with Crippen LogP contribution in [0, 0.1) is 6.92 Å². The average molecular weight is 291 g/mol. The summed E-state index contributed by atoms with van der Waals surface area (Å²) in [5, 5.41) is 0. The Morgan fingerprint density at radius 1 is 1.24 bits per heavy atom. The van der Waals surface area contributed by atoms with E-state index in [1.54, 1.807) is 6.20 Å². The first kappa shape index (κ1) is 12.3. The molecule has 3 heteroatoms. The molecule has 0 saturated carbocycles. The van der Waals surface area contributed by atoms with Gasteiger partial charge in [0.2, 0.25) is 0 Å². The molecule has 88 valence electrons. The molecule has 2 nitrogen and oxygen atoms in total. The van der Waals surface area contributed by atoms with Crippen molar-refractivity contribution in [2.24, 2.45) is 5.73 Å². The topological polar surface area (TPSA) is 38.9 Å². The summed E-state index contributed by atoms with van der Waals surface area (Å²) in [6.45, 7) is 2.11. The Kier molecular flexibility index (Phi) is 3.92. The van der Waals surface area contributed by atoms with Gasteiger partial charge >= 0.3 is 0 Å². The SMILES string of the molecule is Cc1ccccc1CC(N)c1ncccc1Br. The molecule has 0 fully saturated rings. The van der Waals surface area contributed by atoms with Gasteiger partial charge in [-0.3, -0.25) is 4.98 Å². The van der Waals surface area contributed by atoms with Crippen molar-refractivity contribution < 1.29 is 0 Å². The molecule has 1 unspecified atom stereocenters. The highest BCUT2D eigenvalue weighted by Gasteiger charge is 2.12. The first-order valence-corrected chi connectivity index (χ1v) is 6.38. The zero-order chi connectivity index (χ0) is 12.3. The third-order valence-corrected chi connectivity index (χ3v) is 3.51. The number of nitrogens with zero attached hydrogens (tertiary/aromatic N) is 1. The summed E-state index contributed by atoms with van der Waals surface area (Å²) < 4.78 is 0.973. The fourth-order valence-corrected chi connectivity index (χ4v) is 2.39. The molecule has 0 bridgehead atoms. The Hall–Kier alpha value is -1.19. The van der Waals surface area contributed by atoms with E-state index in [0.29, 0.717) is 0 Å². The standard InChI is InChI=1S/C14H15BrN2/c1-10-5-2-3-6-11(10)9-13(16)14-12(15)7-4-8-17-14/h2-8,13H,9,16H2,1H3. The molecule has 1 atom stereocenters. The predicted molar refractivity (Wildman–Crippen MR) is 73.7 cm³/mol. The van der Waals surface area contributed by atoms with Crippen LogP contribution in [0.1, 0.15) is 22.9 Å². The normalized spacial score (nSPS) is 12.4. The molecule has 2 rings (SSSR count). The van der Waals surface area contributed by atoms with Crippen molar-refractivity contribution in [3.8, 4) is 0 Å². The minimum Gasteiger partial charge on any atom is -0.322 e. The first-order chi connectivity index (χ1) is 8.18. The molecule has 0 aliphatic heterocycles. The lowest BCUT2D eigenvalue weighted by molar-refractivity contribution is 0.690.